The second-order valence-electron chi connectivity index (χ2n) is 3.15. The van der Waals surface area contributed by atoms with Crippen LogP contribution in [-0.4, -0.2) is 23.0 Å². The number of carbonyl (C=O) groups is 1. The van der Waals surface area contributed by atoms with E-state index in [1.807, 2.05) is 0 Å². The summed E-state index contributed by atoms with van der Waals surface area (Å²) in [5.74, 6) is -1.48. The molecule has 0 spiro atoms. The minimum Gasteiger partial charge on any atom is -0.469 e. The molecule has 1 rings (SSSR count). The number of halogens is 3. The number of rotatable bonds is 4. The zero-order valence-electron chi connectivity index (χ0n) is 9.02. The van der Waals surface area contributed by atoms with E-state index in [0.717, 1.165) is 13.2 Å². The molecule has 0 aliphatic carbocycles. The highest BCUT2D eigenvalue weighted by Gasteiger charge is 2.26. The first-order chi connectivity index (χ1) is 8.36. The van der Waals surface area contributed by atoms with Crippen molar-refractivity contribution in [2.24, 2.45) is 0 Å². The van der Waals surface area contributed by atoms with Crippen molar-refractivity contribution in [2.45, 2.75) is 12.8 Å². The Hall–Kier alpha value is -1.64. The number of hydrogen-bond donors (Lipinski definition) is 0. The summed E-state index contributed by atoms with van der Waals surface area (Å²) in [6.07, 6.45) is -3.33. The smallest absolute Gasteiger partial charge is 0.378 e. The number of ether oxygens (including phenoxy) is 1. The first-order valence-electron chi connectivity index (χ1n) is 4.55. The number of alkyl halides is 2. The van der Waals surface area contributed by atoms with Gasteiger partial charge < -0.3 is 14.9 Å². The van der Waals surface area contributed by atoms with Crippen molar-refractivity contribution in [3.8, 4) is 0 Å². The highest BCUT2D eigenvalue weighted by molar-refractivity contribution is 9.10. The van der Waals surface area contributed by atoms with Crippen LogP contribution < -0.4 is 0 Å². The lowest BCUT2D eigenvalue weighted by Crippen LogP contribution is -2.09. The van der Waals surface area contributed by atoms with E-state index in [-0.39, 0.29) is 5.69 Å². The highest BCUT2D eigenvalue weighted by Crippen LogP contribution is 2.33. The van der Waals surface area contributed by atoms with Gasteiger partial charge in [-0.1, -0.05) is 0 Å². The minimum absolute atomic E-state index is 0.146. The van der Waals surface area contributed by atoms with Crippen LogP contribution in [0.1, 0.15) is 17.7 Å². The number of nitrogens with zero attached hydrogens (tertiary/aromatic N) is 2. The molecule has 0 N–H and O–H groups in total. The van der Waals surface area contributed by atoms with Gasteiger partial charge in [-0.15, -0.1) is 0 Å². The number of aromatic nitrogens is 1. The fourth-order valence-electron chi connectivity index (χ4n) is 1.18. The molecule has 0 amide bonds. The van der Waals surface area contributed by atoms with Crippen molar-refractivity contribution in [3.05, 3.63) is 31.9 Å². The first-order valence-corrected chi connectivity index (χ1v) is 5.34. The second kappa shape index (κ2) is 5.80. The molecule has 0 unspecified atom stereocenters. The van der Waals surface area contributed by atoms with Gasteiger partial charge in [0.25, 0.3) is 6.43 Å². The van der Waals surface area contributed by atoms with Gasteiger partial charge in [0, 0.05) is 5.56 Å². The molecule has 18 heavy (non-hydrogen) atoms. The summed E-state index contributed by atoms with van der Waals surface area (Å²) >= 11 is 2.70. The van der Waals surface area contributed by atoms with Crippen molar-refractivity contribution in [1.82, 2.24) is 4.98 Å². The Balaban J connectivity index is 3.29. The van der Waals surface area contributed by atoms with Gasteiger partial charge in [-0.2, -0.15) is 0 Å². The molecule has 0 saturated heterocycles. The van der Waals surface area contributed by atoms with Gasteiger partial charge in [0.1, 0.15) is 10.9 Å². The molecular weight excluding hydrogens is 318 g/mol. The summed E-state index contributed by atoms with van der Waals surface area (Å²) < 4.78 is 29.3. The Morgan fingerprint density at radius 2 is 2.28 bits per heavy atom. The van der Waals surface area contributed by atoms with Crippen molar-refractivity contribution in [2.75, 3.05) is 7.11 Å². The molecule has 0 saturated carbocycles. The maximum absolute atomic E-state index is 12.7. The standard InChI is InChI=1S/C9H7BrF2N2O4/c1-18-6(15)3-4-2-5(8(11)12)7(10)9(13-4)14(16)17/h2,8H,3H2,1H3. The van der Waals surface area contributed by atoms with Gasteiger partial charge in [0.05, 0.1) is 7.11 Å². The molecule has 1 aromatic rings. The molecule has 0 aliphatic rings. The molecule has 1 aromatic heterocycles. The Bertz CT molecular complexity index is 496. The Labute approximate surface area is 108 Å². The third-order valence-electron chi connectivity index (χ3n) is 1.98. The quantitative estimate of drug-likeness (QED) is 0.482. The van der Waals surface area contributed by atoms with E-state index in [2.05, 4.69) is 25.7 Å². The number of carbonyl (C=O) groups excluding carboxylic acids is 1. The van der Waals surface area contributed by atoms with Crippen LogP contribution in [0.2, 0.25) is 0 Å². The first kappa shape index (κ1) is 14.4. The van der Waals surface area contributed by atoms with E-state index < -0.39 is 39.6 Å². The fourth-order valence-corrected chi connectivity index (χ4v) is 1.70. The lowest BCUT2D eigenvalue weighted by atomic mass is 10.2. The maximum Gasteiger partial charge on any atom is 0.378 e. The van der Waals surface area contributed by atoms with Crippen LogP contribution in [0.4, 0.5) is 14.6 Å². The van der Waals surface area contributed by atoms with Gasteiger partial charge in [-0.05, 0) is 31.9 Å². The second-order valence-corrected chi connectivity index (χ2v) is 3.94. The van der Waals surface area contributed by atoms with E-state index in [1.54, 1.807) is 0 Å². The van der Waals surface area contributed by atoms with Crippen molar-refractivity contribution in [1.29, 1.82) is 0 Å². The SMILES string of the molecule is COC(=O)Cc1cc(C(F)F)c(Br)c([N+](=O)[O-])n1. The highest BCUT2D eigenvalue weighted by atomic mass is 79.9. The van der Waals surface area contributed by atoms with E-state index in [0.29, 0.717) is 0 Å². The average Bonchev–Trinajstić information content (AvgIpc) is 2.30. The van der Waals surface area contributed by atoms with E-state index >= 15 is 0 Å². The molecule has 0 atom stereocenters. The van der Waals surface area contributed by atoms with Gasteiger partial charge in [0.2, 0.25) is 0 Å². The molecule has 0 radical (unpaired) electrons. The van der Waals surface area contributed by atoms with Crippen LogP contribution in [0.15, 0.2) is 10.5 Å². The van der Waals surface area contributed by atoms with Crippen LogP contribution in [0.25, 0.3) is 0 Å². The molecule has 0 fully saturated rings. The number of methoxy groups -OCH3 is 1. The van der Waals surface area contributed by atoms with E-state index in [9.17, 15) is 23.7 Å². The number of hydrogen-bond acceptors (Lipinski definition) is 5. The monoisotopic (exact) mass is 324 g/mol. The van der Waals surface area contributed by atoms with Crippen molar-refractivity contribution in [3.63, 3.8) is 0 Å². The van der Waals surface area contributed by atoms with Crippen molar-refractivity contribution >= 4 is 27.7 Å². The van der Waals surface area contributed by atoms with Crippen LogP contribution in [0.5, 0.6) is 0 Å². The summed E-state index contributed by atoms with van der Waals surface area (Å²) in [5.41, 5.74) is -0.734. The Morgan fingerprint density at radius 3 is 2.72 bits per heavy atom. The predicted molar refractivity (Wildman–Crippen MR) is 59.3 cm³/mol. The number of esters is 1. The molecule has 0 bridgehead atoms. The van der Waals surface area contributed by atoms with Gasteiger partial charge in [0.15, 0.2) is 5.69 Å². The average molecular weight is 325 g/mol. The van der Waals surface area contributed by atoms with Crippen LogP contribution >= 0.6 is 15.9 Å². The zero-order chi connectivity index (χ0) is 13.9. The van der Waals surface area contributed by atoms with Gasteiger partial charge >= 0.3 is 11.8 Å². The molecular formula is C9H7BrF2N2O4. The summed E-state index contributed by atoms with van der Waals surface area (Å²) in [6, 6.07) is 0.929. The van der Waals surface area contributed by atoms with Crippen LogP contribution in [0, 0.1) is 10.1 Å². The minimum atomic E-state index is -2.92. The van der Waals surface area contributed by atoms with Crippen molar-refractivity contribution < 1.29 is 23.2 Å². The Morgan fingerprint density at radius 1 is 1.67 bits per heavy atom. The Kier molecular flexibility index (Phi) is 4.65. The fraction of sp³-hybridized carbons (Fsp3) is 0.333. The molecule has 6 nitrogen and oxygen atoms in total. The van der Waals surface area contributed by atoms with Gasteiger partial charge in [-0.3, -0.25) is 4.79 Å². The molecule has 0 aliphatic heterocycles. The topological polar surface area (TPSA) is 82.3 Å². The maximum atomic E-state index is 12.7. The van der Waals surface area contributed by atoms with E-state index in [1.165, 1.54) is 0 Å². The summed E-state index contributed by atoms with van der Waals surface area (Å²) in [6.45, 7) is 0. The molecule has 98 valence electrons. The summed E-state index contributed by atoms with van der Waals surface area (Å²) in [4.78, 5) is 24.3. The lowest BCUT2D eigenvalue weighted by Gasteiger charge is -2.05. The molecule has 1 heterocycles. The molecule has 0 aromatic carbocycles. The number of nitro groups is 1. The third kappa shape index (κ3) is 3.19. The predicted octanol–water partition coefficient (Wildman–Crippen LogP) is 2.41. The largest absolute Gasteiger partial charge is 0.469 e. The summed E-state index contributed by atoms with van der Waals surface area (Å²) in [7, 11) is 1.11. The van der Waals surface area contributed by atoms with Gasteiger partial charge in [-0.25, -0.2) is 8.78 Å². The molecule has 9 heteroatoms. The summed E-state index contributed by atoms with van der Waals surface area (Å²) in [5, 5.41) is 10.7. The third-order valence-corrected chi connectivity index (χ3v) is 2.80. The lowest BCUT2D eigenvalue weighted by molar-refractivity contribution is -0.390. The zero-order valence-corrected chi connectivity index (χ0v) is 10.6. The number of pyridine rings is 1. The van der Waals surface area contributed by atoms with E-state index in [4.69, 9.17) is 0 Å². The van der Waals surface area contributed by atoms with Crippen LogP contribution in [-0.2, 0) is 16.0 Å². The van der Waals surface area contributed by atoms with Crippen LogP contribution in [0.3, 0.4) is 0 Å². The normalized spacial score (nSPS) is 10.5.